The molecule has 2 heterocycles. The van der Waals surface area contributed by atoms with Gasteiger partial charge in [-0.25, -0.2) is 4.98 Å². The molecule has 0 radical (unpaired) electrons. The van der Waals surface area contributed by atoms with Crippen LogP contribution in [0, 0.1) is 0 Å². The predicted molar refractivity (Wildman–Crippen MR) is 98.7 cm³/mol. The third kappa shape index (κ3) is 5.09. The number of alkyl halides is 6. The van der Waals surface area contributed by atoms with Gasteiger partial charge < -0.3 is 9.47 Å². The van der Waals surface area contributed by atoms with Gasteiger partial charge in [-0.2, -0.15) is 13.2 Å². The second kappa shape index (κ2) is 8.17. The van der Waals surface area contributed by atoms with Crippen LogP contribution in [-0.2, 0) is 14.7 Å². The molecule has 1 aliphatic rings. The highest BCUT2D eigenvalue weighted by Gasteiger charge is 2.35. The molecule has 0 saturated carbocycles. The van der Waals surface area contributed by atoms with Crippen molar-refractivity contribution < 1.29 is 22.6 Å². The molecule has 10 heteroatoms. The van der Waals surface area contributed by atoms with Crippen molar-refractivity contribution in [3.05, 3.63) is 35.5 Å². The molecule has 0 amide bonds. The van der Waals surface area contributed by atoms with E-state index < -0.39 is 15.5 Å². The van der Waals surface area contributed by atoms with Crippen LogP contribution in [0.5, 0.6) is 5.75 Å². The van der Waals surface area contributed by atoms with Crippen molar-refractivity contribution in [3.63, 3.8) is 0 Å². The second-order valence-corrected chi connectivity index (χ2v) is 8.29. The van der Waals surface area contributed by atoms with Gasteiger partial charge in [0.15, 0.2) is 0 Å². The number of nitrogens with zero attached hydrogens (tertiary/aromatic N) is 2. The van der Waals surface area contributed by atoms with Crippen molar-refractivity contribution in [2.45, 2.75) is 9.97 Å². The zero-order valence-corrected chi connectivity index (χ0v) is 16.3. The smallest absolute Gasteiger partial charge is 0.418 e. The van der Waals surface area contributed by atoms with Crippen molar-refractivity contribution in [1.29, 1.82) is 0 Å². The fourth-order valence-corrected chi connectivity index (χ4v) is 3.11. The van der Waals surface area contributed by atoms with E-state index in [2.05, 4.69) is 9.88 Å². The minimum absolute atomic E-state index is 0.127. The molecule has 0 aliphatic carbocycles. The van der Waals surface area contributed by atoms with Crippen LogP contribution in [0.2, 0.25) is 0 Å². The van der Waals surface area contributed by atoms with E-state index in [0.29, 0.717) is 19.8 Å². The second-order valence-electron chi connectivity index (χ2n) is 6.01. The number of fused-ring (bicyclic) bond motifs is 1. The maximum atomic E-state index is 13.4. The fraction of sp³-hybridized carbons (Fsp3) is 0.471. The van der Waals surface area contributed by atoms with Crippen molar-refractivity contribution in [2.24, 2.45) is 0 Å². The first-order valence-corrected chi connectivity index (χ1v) is 9.31. The summed E-state index contributed by atoms with van der Waals surface area (Å²) in [6.07, 6.45) is -4.59. The van der Waals surface area contributed by atoms with Gasteiger partial charge in [0.2, 0.25) is 3.79 Å². The number of rotatable bonds is 4. The third-order valence-corrected chi connectivity index (χ3v) is 4.75. The third-order valence-electron chi connectivity index (χ3n) is 4.17. The molecule has 4 nitrogen and oxygen atoms in total. The normalized spacial score (nSPS) is 16.7. The molecule has 1 aromatic carbocycles. The SMILES string of the molecule is FC(F)(F)c1cccc2c(OCCN3CCOCC3)cc(C(Cl)(Cl)Cl)nc12. The zero-order chi connectivity index (χ0) is 19.7. The van der Waals surface area contributed by atoms with Crippen LogP contribution in [0.3, 0.4) is 0 Å². The molecule has 1 fully saturated rings. The number of pyridine rings is 1. The average Bonchev–Trinajstić information content (AvgIpc) is 2.60. The van der Waals surface area contributed by atoms with Gasteiger partial charge in [0.25, 0.3) is 0 Å². The van der Waals surface area contributed by atoms with Crippen molar-refractivity contribution in [3.8, 4) is 5.75 Å². The number of benzene rings is 1. The van der Waals surface area contributed by atoms with Crippen molar-refractivity contribution >= 4 is 45.7 Å². The zero-order valence-electron chi connectivity index (χ0n) is 14.0. The number of halogens is 6. The maximum Gasteiger partial charge on any atom is 0.418 e. The molecule has 0 unspecified atom stereocenters. The molecular formula is C17H16Cl3F3N2O2. The van der Waals surface area contributed by atoms with Gasteiger partial charge >= 0.3 is 6.18 Å². The Morgan fingerprint density at radius 1 is 1.15 bits per heavy atom. The number of para-hydroxylation sites is 1. The quantitative estimate of drug-likeness (QED) is 0.636. The van der Waals surface area contributed by atoms with Gasteiger partial charge in [0.1, 0.15) is 12.4 Å². The molecule has 1 aliphatic heterocycles. The van der Waals surface area contributed by atoms with E-state index in [-0.39, 0.29) is 29.0 Å². The Hall–Kier alpha value is -0.990. The summed E-state index contributed by atoms with van der Waals surface area (Å²) in [6, 6.07) is 5.12. The maximum absolute atomic E-state index is 13.4. The number of hydrogen-bond acceptors (Lipinski definition) is 4. The molecule has 0 spiro atoms. The Bertz CT molecular complexity index is 806. The van der Waals surface area contributed by atoms with E-state index in [1.807, 2.05) is 0 Å². The Balaban J connectivity index is 1.94. The molecule has 27 heavy (non-hydrogen) atoms. The Morgan fingerprint density at radius 3 is 2.48 bits per heavy atom. The number of hydrogen-bond donors (Lipinski definition) is 0. The highest BCUT2D eigenvalue weighted by molar-refractivity contribution is 6.66. The van der Waals surface area contributed by atoms with Gasteiger partial charge in [-0.3, -0.25) is 4.90 Å². The monoisotopic (exact) mass is 442 g/mol. The largest absolute Gasteiger partial charge is 0.491 e. The van der Waals surface area contributed by atoms with Gasteiger partial charge in [0.05, 0.1) is 30.0 Å². The highest BCUT2D eigenvalue weighted by atomic mass is 35.6. The Morgan fingerprint density at radius 2 is 1.85 bits per heavy atom. The Kier molecular flexibility index (Phi) is 6.27. The first kappa shape index (κ1) is 20.7. The molecule has 3 rings (SSSR count). The molecule has 2 aromatic rings. The number of morpholine rings is 1. The minimum Gasteiger partial charge on any atom is -0.491 e. The Labute approximate surface area is 169 Å². The van der Waals surface area contributed by atoms with E-state index >= 15 is 0 Å². The van der Waals surface area contributed by atoms with E-state index in [4.69, 9.17) is 44.3 Å². The topological polar surface area (TPSA) is 34.6 Å². The van der Waals surface area contributed by atoms with Gasteiger partial charge in [-0.05, 0) is 12.1 Å². The summed E-state index contributed by atoms with van der Waals surface area (Å²) in [5, 5.41) is 0.213. The lowest BCUT2D eigenvalue weighted by atomic mass is 10.1. The summed E-state index contributed by atoms with van der Waals surface area (Å²) in [4.78, 5) is 6.09. The van der Waals surface area contributed by atoms with Crippen LogP contribution in [0.15, 0.2) is 24.3 Å². The molecule has 0 bridgehead atoms. The lowest BCUT2D eigenvalue weighted by molar-refractivity contribution is -0.136. The lowest BCUT2D eigenvalue weighted by Crippen LogP contribution is -2.38. The minimum atomic E-state index is -4.59. The van der Waals surface area contributed by atoms with Crippen molar-refractivity contribution in [1.82, 2.24) is 9.88 Å². The van der Waals surface area contributed by atoms with Crippen LogP contribution < -0.4 is 4.74 Å². The number of aromatic nitrogens is 1. The van der Waals surface area contributed by atoms with E-state index in [0.717, 1.165) is 19.2 Å². The summed E-state index contributed by atoms with van der Waals surface area (Å²) in [7, 11) is 0. The van der Waals surface area contributed by atoms with E-state index in [1.54, 1.807) is 0 Å². The van der Waals surface area contributed by atoms with Crippen LogP contribution in [0.4, 0.5) is 13.2 Å². The van der Waals surface area contributed by atoms with Crippen LogP contribution >= 0.6 is 34.8 Å². The van der Waals surface area contributed by atoms with Crippen LogP contribution in [-0.4, -0.2) is 49.3 Å². The lowest BCUT2D eigenvalue weighted by Gasteiger charge is -2.26. The number of ether oxygens (including phenoxy) is 2. The molecule has 1 aromatic heterocycles. The van der Waals surface area contributed by atoms with Crippen LogP contribution in [0.25, 0.3) is 10.9 Å². The van der Waals surface area contributed by atoms with E-state index in [1.165, 1.54) is 18.2 Å². The molecule has 0 atom stereocenters. The first-order valence-electron chi connectivity index (χ1n) is 8.17. The summed E-state index contributed by atoms with van der Waals surface area (Å²) in [5.74, 6) is 0.195. The molecule has 148 valence electrons. The summed E-state index contributed by atoms with van der Waals surface area (Å²) < 4.78 is 49.2. The standard InChI is InChI=1S/C17H16Cl3F3N2O2/c18-16(19,20)14-10-13(27-9-6-25-4-7-26-8-5-25)11-2-1-3-12(15(11)24-14)17(21,22)23/h1-3,10H,4-9H2. The summed E-state index contributed by atoms with van der Waals surface area (Å²) >= 11 is 17.6. The van der Waals surface area contributed by atoms with Gasteiger partial charge in [-0.1, -0.05) is 40.9 Å². The fourth-order valence-electron chi connectivity index (χ4n) is 2.82. The van der Waals surface area contributed by atoms with E-state index in [9.17, 15) is 13.2 Å². The summed E-state index contributed by atoms with van der Waals surface area (Å²) in [6.45, 7) is 3.72. The first-order chi connectivity index (χ1) is 12.7. The molecule has 0 N–H and O–H groups in total. The van der Waals surface area contributed by atoms with Gasteiger partial charge in [0, 0.05) is 31.1 Å². The highest BCUT2D eigenvalue weighted by Crippen LogP contribution is 2.42. The van der Waals surface area contributed by atoms with Crippen molar-refractivity contribution in [2.75, 3.05) is 39.5 Å². The summed E-state index contributed by atoms with van der Waals surface area (Å²) in [5.41, 5.74) is -1.35. The van der Waals surface area contributed by atoms with Crippen LogP contribution in [0.1, 0.15) is 11.3 Å². The average molecular weight is 444 g/mol. The predicted octanol–water partition coefficient (Wildman–Crippen LogP) is 4.79. The van der Waals surface area contributed by atoms with Gasteiger partial charge in [-0.15, -0.1) is 0 Å². The molecule has 1 saturated heterocycles. The molecular weight excluding hydrogens is 428 g/mol.